The van der Waals surface area contributed by atoms with Crippen molar-refractivity contribution in [2.75, 3.05) is 5.73 Å². The van der Waals surface area contributed by atoms with Crippen molar-refractivity contribution in [1.29, 1.82) is 0 Å². The molecule has 1 unspecified atom stereocenters. The number of hydrogen-bond donors (Lipinski definition) is 2. The van der Waals surface area contributed by atoms with Gasteiger partial charge in [-0.25, -0.2) is 0 Å². The lowest BCUT2D eigenvalue weighted by atomic mass is 10.0. The first kappa shape index (κ1) is 8.57. The van der Waals surface area contributed by atoms with Gasteiger partial charge in [0.25, 0.3) is 0 Å². The van der Waals surface area contributed by atoms with Crippen molar-refractivity contribution >= 4 is 5.69 Å². The molecular formula is C11H16N2. The van der Waals surface area contributed by atoms with Gasteiger partial charge in [-0.1, -0.05) is 6.07 Å². The average molecular weight is 176 g/mol. The fourth-order valence-corrected chi connectivity index (χ4v) is 1.76. The maximum Gasteiger partial charge on any atom is 0.0324 e. The molecule has 0 aromatic heterocycles. The van der Waals surface area contributed by atoms with Crippen LogP contribution in [0.3, 0.4) is 0 Å². The van der Waals surface area contributed by atoms with Crippen molar-refractivity contribution in [3.8, 4) is 0 Å². The van der Waals surface area contributed by atoms with E-state index in [9.17, 15) is 0 Å². The molecule has 1 aliphatic rings. The summed E-state index contributed by atoms with van der Waals surface area (Å²) in [5.41, 5.74) is 15.1. The maximum absolute atomic E-state index is 6.08. The van der Waals surface area contributed by atoms with Gasteiger partial charge in [-0.15, -0.1) is 0 Å². The van der Waals surface area contributed by atoms with Crippen LogP contribution in [0, 0.1) is 12.8 Å². The fourth-order valence-electron chi connectivity index (χ4n) is 1.76. The Balaban J connectivity index is 2.27. The first-order valence-electron chi connectivity index (χ1n) is 4.79. The molecule has 1 fully saturated rings. The van der Waals surface area contributed by atoms with E-state index >= 15 is 0 Å². The molecule has 0 aliphatic heterocycles. The highest BCUT2D eigenvalue weighted by molar-refractivity contribution is 5.45. The zero-order chi connectivity index (χ0) is 9.42. The Kier molecular flexibility index (Phi) is 2.00. The molecule has 2 nitrogen and oxygen atoms in total. The molecule has 0 heterocycles. The lowest BCUT2D eigenvalue weighted by molar-refractivity contribution is 0.633. The van der Waals surface area contributed by atoms with Crippen molar-refractivity contribution in [3.63, 3.8) is 0 Å². The Hall–Kier alpha value is -1.02. The van der Waals surface area contributed by atoms with E-state index in [-0.39, 0.29) is 6.04 Å². The Morgan fingerprint density at radius 3 is 2.54 bits per heavy atom. The number of hydrogen-bond acceptors (Lipinski definition) is 2. The van der Waals surface area contributed by atoms with Crippen LogP contribution >= 0.6 is 0 Å². The molecule has 1 aliphatic carbocycles. The lowest BCUT2D eigenvalue weighted by Gasteiger charge is -2.12. The second-order valence-corrected chi connectivity index (χ2v) is 4.04. The summed E-state index contributed by atoms with van der Waals surface area (Å²) in [6.45, 7) is 2.06. The van der Waals surface area contributed by atoms with Gasteiger partial charge in [0, 0.05) is 11.7 Å². The molecule has 2 heteroatoms. The van der Waals surface area contributed by atoms with Crippen molar-refractivity contribution < 1.29 is 0 Å². The number of rotatable bonds is 2. The van der Waals surface area contributed by atoms with E-state index in [1.165, 1.54) is 24.0 Å². The number of anilines is 1. The molecule has 0 radical (unpaired) electrons. The molecule has 4 N–H and O–H groups in total. The van der Waals surface area contributed by atoms with Gasteiger partial charge in [0.15, 0.2) is 0 Å². The SMILES string of the molecule is Cc1cc(N)cc(C(N)C2CC2)c1. The van der Waals surface area contributed by atoms with Crippen LogP contribution in [0.1, 0.15) is 30.0 Å². The molecule has 0 spiro atoms. The quantitative estimate of drug-likeness (QED) is 0.677. The van der Waals surface area contributed by atoms with Gasteiger partial charge >= 0.3 is 0 Å². The molecule has 2 rings (SSSR count). The summed E-state index contributed by atoms with van der Waals surface area (Å²) in [7, 11) is 0. The molecule has 1 aromatic carbocycles. The van der Waals surface area contributed by atoms with E-state index in [0.717, 1.165) is 5.69 Å². The van der Waals surface area contributed by atoms with Crippen LogP contribution in [0.5, 0.6) is 0 Å². The van der Waals surface area contributed by atoms with E-state index in [0.29, 0.717) is 5.92 Å². The third kappa shape index (κ3) is 1.83. The predicted molar refractivity (Wildman–Crippen MR) is 55.2 cm³/mol. The monoisotopic (exact) mass is 176 g/mol. The van der Waals surface area contributed by atoms with E-state index < -0.39 is 0 Å². The van der Waals surface area contributed by atoms with Crippen molar-refractivity contribution in [3.05, 3.63) is 29.3 Å². The van der Waals surface area contributed by atoms with Crippen LogP contribution in [-0.4, -0.2) is 0 Å². The van der Waals surface area contributed by atoms with E-state index in [1.54, 1.807) is 0 Å². The van der Waals surface area contributed by atoms with Crippen molar-refractivity contribution in [2.24, 2.45) is 11.7 Å². The Morgan fingerprint density at radius 2 is 2.00 bits per heavy atom. The molecule has 70 valence electrons. The summed E-state index contributed by atoms with van der Waals surface area (Å²) in [4.78, 5) is 0. The van der Waals surface area contributed by atoms with Crippen LogP contribution in [0.4, 0.5) is 5.69 Å². The van der Waals surface area contributed by atoms with Crippen molar-refractivity contribution in [1.82, 2.24) is 0 Å². The minimum Gasteiger partial charge on any atom is -0.399 e. The minimum atomic E-state index is 0.196. The average Bonchev–Trinajstić information content (AvgIpc) is 2.83. The first-order chi connectivity index (χ1) is 6.16. The smallest absolute Gasteiger partial charge is 0.0324 e. The van der Waals surface area contributed by atoms with Gasteiger partial charge in [-0.3, -0.25) is 0 Å². The summed E-state index contributed by atoms with van der Waals surface area (Å²) in [5.74, 6) is 0.696. The summed E-state index contributed by atoms with van der Waals surface area (Å²) in [6.07, 6.45) is 2.55. The van der Waals surface area contributed by atoms with Gasteiger partial charge in [-0.05, 0) is 48.9 Å². The van der Waals surface area contributed by atoms with Gasteiger partial charge < -0.3 is 11.5 Å². The zero-order valence-corrected chi connectivity index (χ0v) is 7.96. The Bertz CT molecular complexity index is 296. The van der Waals surface area contributed by atoms with Crippen LogP contribution in [0.15, 0.2) is 18.2 Å². The molecule has 0 bridgehead atoms. The van der Waals surface area contributed by atoms with Gasteiger partial charge in [0.1, 0.15) is 0 Å². The predicted octanol–water partition coefficient (Wildman–Crippen LogP) is 1.99. The zero-order valence-electron chi connectivity index (χ0n) is 7.96. The van der Waals surface area contributed by atoms with Gasteiger partial charge in [0.05, 0.1) is 0 Å². The summed E-state index contributed by atoms with van der Waals surface area (Å²) in [6, 6.07) is 6.31. The third-order valence-electron chi connectivity index (χ3n) is 2.64. The molecular weight excluding hydrogens is 160 g/mol. The molecule has 0 saturated heterocycles. The number of aryl methyl sites for hydroxylation is 1. The second-order valence-electron chi connectivity index (χ2n) is 4.04. The van der Waals surface area contributed by atoms with Crippen LogP contribution in [0.2, 0.25) is 0 Å². The number of benzene rings is 1. The molecule has 13 heavy (non-hydrogen) atoms. The molecule has 1 aromatic rings. The molecule has 1 atom stereocenters. The Labute approximate surface area is 78.9 Å². The van der Waals surface area contributed by atoms with E-state index in [1.807, 2.05) is 12.1 Å². The van der Waals surface area contributed by atoms with Gasteiger partial charge in [-0.2, -0.15) is 0 Å². The summed E-state index contributed by atoms with van der Waals surface area (Å²) >= 11 is 0. The standard InChI is InChI=1S/C11H16N2/c1-7-4-9(6-10(12)5-7)11(13)8-2-3-8/h4-6,8,11H,2-3,12-13H2,1H3. The highest BCUT2D eigenvalue weighted by Gasteiger charge is 2.29. The van der Waals surface area contributed by atoms with Crippen LogP contribution in [0.25, 0.3) is 0 Å². The summed E-state index contributed by atoms with van der Waals surface area (Å²) in [5, 5.41) is 0. The minimum absolute atomic E-state index is 0.196. The molecule has 1 saturated carbocycles. The largest absolute Gasteiger partial charge is 0.399 e. The fraction of sp³-hybridized carbons (Fsp3) is 0.455. The number of nitrogens with two attached hydrogens (primary N) is 2. The second kappa shape index (κ2) is 3.04. The third-order valence-corrected chi connectivity index (χ3v) is 2.64. The van der Waals surface area contributed by atoms with Crippen LogP contribution in [-0.2, 0) is 0 Å². The lowest BCUT2D eigenvalue weighted by Crippen LogP contribution is -2.12. The van der Waals surface area contributed by atoms with E-state index in [2.05, 4.69) is 13.0 Å². The first-order valence-corrected chi connectivity index (χ1v) is 4.79. The Morgan fingerprint density at radius 1 is 1.31 bits per heavy atom. The number of nitrogen functional groups attached to an aromatic ring is 1. The highest BCUT2D eigenvalue weighted by atomic mass is 14.7. The van der Waals surface area contributed by atoms with Crippen LogP contribution < -0.4 is 11.5 Å². The molecule has 0 amide bonds. The van der Waals surface area contributed by atoms with Gasteiger partial charge in [0.2, 0.25) is 0 Å². The van der Waals surface area contributed by atoms with Crippen molar-refractivity contribution in [2.45, 2.75) is 25.8 Å². The maximum atomic E-state index is 6.08. The topological polar surface area (TPSA) is 52.0 Å². The highest BCUT2D eigenvalue weighted by Crippen LogP contribution is 2.39. The van der Waals surface area contributed by atoms with E-state index in [4.69, 9.17) is 11.5 Å². The summed E-state index contributed by atoms with van der Waals surface area (Å²) < 4.78 is 0. The normalized spacial score (nSPS) is 18.6.